The van der Waals surface area contributed by atoms with Gasteiger partial charge in [-0.1, -0.05) is 103 Å². The number of likely N-dealkylation sites (N-methyl/N-ethyl adjacent to an activating group) is 1. The molecule has 1 aliphatic heterocycles. The predicted octanol–water partition coefficient (Wildman–Crippen LogP) is 6.13. The number of ketones is 1. The van der Waals surface area contributed by atoms with Crippen LogP contribution in [-0.4, -0.2) is 125 Å². The summed E-state index contributed by atoms with van der Waals surface area (Å²) in [6.45, 7) is 13.6. The molecule has 0 unspecified atom stereocenters. The number of ether oxygens (including phenoxy) is 2. The Kier molecular flexibility index (Phi) is 12.9. The first-order valence-corrected chi connectivity index (χ1v) is 29.7. The number of hydrogen-bond donors (Lipinski definition) is 10. The molecule has 420 valence electrons. The number of aliphatic hydroxyl groups excluding tert-OH is 4. The number of benzene rings is 2. The van der Waals surface area contributed by atoms with Crippen LogP contribution in [0.4, 0.5) is 0 Å². The molecule has 11 aliphatic rings. The van der Waals surface area contributed by atoms with E-state index in [9.17, 15) is 46.0 Å². The zero-order valence-corrected chi connectivity index (χ0v) is 46.3. The van der Waals surface area contributed by atoms with Crippen molar-refractivity contribution in [3.63, 3.8) is 0 Å². The average Bonchev–Trinajstić information content (AvgIpc) is 3.10. The SMILES string of the molecule is CCCCC[C@@H]1C[C@@]2(C[C@]3(C)[C@@H]4[C@H](C[C@@]3(O)C3=CC(=O)[C@@H]5[C@H]6c7cc(O)cc(O)c7CC[C@]6(O)[C@@H](OCCCO)C[C@]5(C)[C@H]32)O[C@]2([C@H]3CC[C@](C)(C=C3CNCC)[C@H](C)[C@@H]2O)[C@@]4(O)CCO)[C@H]2C(O)=c3ccccc3=C[C@@H]12. The van der Waals surface area contributed by atoms with E-state index in [1.807, 2.05) is 18.2 Å². The lowest BCUT2D eigenvalue weighted by Gasteiger charge is -2.70. The highest BCUT2D eigenvalue weighted by atomic mass is 16.6. The molecule has 2 bridgehead atoms. The molecule has 13 heteroatoms. The number of allylic oxidation sites excluding steroid dienone is 2. The number of aromatic hydroxyl groups is 2. The Morgan fingerprint density at radius 2 is 1.69 bits per heavy atom. The summed E-state index contributed by atoms with van der Waals surface area (Å²) >= 11 is 0. The van der Waals surface area contributed by atoms with Gasteiger partial charge in [-0.25, -0.2) is 0 Å². The van der Waals surface area contributed by atoms with Crippen LogP contribution in [0, 0.1) is 69.0 Å². The Balaban J connectivity index is 1.12. The van der Waals surface area contributed by atoms with E-state index in [1.54, 1.807) is 12.1 Å². The summed E-state index contributed by atoms with van der Waals surface area (Å²) in [5, 5.41) is 119. The molecule has 6 fully saturated rings. The molecular formula is C64H87NO12. The van der Waals surface area contributed by atoms with E-state index in [0.29, 0.717) is 48.9 Å². The molecule has 1 saturated heterocycles. The van der Waals surface area contributed by atoms with Crippen molar-refractivity contribution in [2.45, 2.75) is 178 Å². The van der Waals surface area contributed by atoms with Crippen molar-refractivity contribution >= 4 is 17.6 Å². The van der Waals surface area contributed by atoms with Crippen LogP contribution in [0.1, 0.15) is 142 Å². The Labute approximate surface area is 454 Å². The third-order valence-electron chi connectivity index (χ3n) is 23.9. The zero-order valence-electron chi connectivity index (χ0n) is 46.3. The molecule has 20 atom stereocenters. The van der Waals surface area contributed by atoms with Crippen molar-refractivity contribution in [1.82, 2.24) is 5.32 Å². The van der Waals surface area contributed by atoms with Crippen molar-refractivity contribution < 1.29 is 60.2 Å². The quantitative estimate of drug-likeness (QED) is 0.0806. The Morgan fingerprint density at radius 1 is 0.909 bits per heavy atom. The smallest absolute Gasteiger partial charge is 0.160 e. The minimum Gasteiger partial charge on any atom is -0.511 e. The molecule has 2 aromatic rings. The second-order valence-corrected chi connectivity index (χ2v) is 27.3. The zero-order chi connectivity index (χ0) is 54.6. The van der Waals surface area contributed by atoms with E-state index in [1.165, 1.54) is 6.07 Å². The highest BCUT2D eigenvalue weighted by Crippen LogP contribution is 2.82. The lowest BCUT2D eigenvalue weighted by Crippen LogP contribution is -2.73. The summed E-state index contributed by atoms with van der Waals surface area (Å²) < 4.78 is 14.5. The highest BCUT2D eigenvalue weighted by Gasteiger charge is 2.85. The number of fused-ring (bicyclic) bond motifs is 17. The average molecular weight is 1060 g/mol. The highest BCUT2D eigenvalue weighted by molar-refractivity contribution is 5.96. The molecule has 1 heterocycles. The molecule has 10 N–H and O–H groups in total. The van der Waals surface area contributed by atoms with Gasteiger partial charge in [-0.15, -0.1) is 0 Å². The monoisotopic (exact) mass is 1060 g/mol. The minimum atomic E-state index is -1.89. The van der Waals surface area contributed by atoms with Crippen LogP contribution in [0.3, 0.4) is 0 Å². The van der Waals surface area contributed by atoms with Crippen LogP contribution in [0.2, 0.25) is 0 Å². The van der Waals surface area contributed by atoms with Crippen molar-refractivity contribution in [1.29, 1.82) is 0 Å². The van der Waals surface area contributed by atoms with E-state index < -0.39 is 104 Å². The van der Waals surface area contributed by atoms with E-state index in [-0.39, 0.29) is 86.1 Å². The maximum Gasteiger partial charge on any atom is 0.160 e. The summed E-state index contributed by atoms with van der Waals surface area (Å²) in [5.74, 6) is -5.02. The fourth-order valence-electron chi connectivity index (χ4n) is 21.0. The number of phenols is 2. The van der Waals surface area contributed by atoms with Crippen LogP contribution in [0.15, 0.2) is 59.7 Å². The van der Waals surface area contributed by atoms with Crippen LogP contribution in [0.5, 0.6) is 11.5 Å². The second-order valence-electron chi connectivity index (χ2n) is 27.3. The second kappa shape index (κ2) is 18.4. The molecule has 13 nitrogen and oxygen atoms in total. The normalized spacial score (nSPS) is 46.7. The van der Waals surface area contributed by atoms with Crippen LogP contribution in [-0.2, 0) is 20.7 Å². The maximum absolute atomic E-state index is 16.2. The van der Waals surface area contributed by atoms with Crippen molar-refractivity contribution in [2.75, 3.05) is 32.9 Å². The molecule has 77 heavy (non-hydrogen) atoms. The minimum absolute atomic E-state index is 0.0144. The number of hydrogen-bond acceptors (Lipinski definition) is 13. The number of rotatable bonds is 13. The van der Waals surface area contributed by atoms with Crippen molar-refractivity contribution in [2.24, 2.45) is 69.0 Å². The van der Waals surface area contributed by atoms with Gasteiger partial charge in [0.2, 0.25) is 0 Å². The van der Waals surface area contributed by atoms with Gasteiger partial charge >= 0.3 is 0 Å². The number of phenolic OH excluding ortho intramolecular Hbond substituents is 2. The van der Waals surface area contributed by atoms with E-state index in [0.717, 1.165) is 54.7 Å². The topological polar surface area (TPSA) is 230 Å². The number of nitrogens with one attached hydrogen (secondary N) is 1. The van der Waals surface area contributed by atoms with Gasteiger partial charge in [0.1, 0.15) is 28.5 Å². The Bertz CT molecular complexity index is 2900. The van der Waals surface area contributed by atoms with E-state index in [4.69, 9.17) is 9.47 Å². The summed E-state index contributed by atoms with van der Waals surface area (Å²) in [4.78, 5) is 16.2. The van der Waals surface area contributed by atoms with Gasteiger partial charge in [-0.2, -0.15) is 0 Å². The molecule has 0 aromatic heterocycles. The number of carbonyl (C=O) groups excluding carboxylic acids is 1. The Morgan fingerprint density at radius 3 is 2.43 bits per heavy atom. The number of aliphatic hydroxyl groups is 7. The summed E-state index contributed by atoms with van der Waals surface area (Å²) in [7, 11) is 0. The van der Waals surface area contributed by atoms with E-state index in [2.05, 4.69) is 65.1 Å². The maximum atomic E-state index is 16.2. The molecular weight excluding hydrogens is 975 g/mol. The first-order valence-electron chi connectivity index (χ1n) is 29.7. The van der Waals surface area contributed by atoms with E-state index >= 15 is 4.79 Å². The van der Waals surface area contributed by atoms with Crippen LogP contribution in [0.25, 0.3) is 11.8 Å². The van der Waals surface area contributed by atoms with Crippen molar-refractivity contribution in [3.8, 4) is 11.5 Å². The van der Waals surface area contributed by atoms with Gasteiger partial charge < -0.3 is 60.7 Å². The largest absolute Gasteiger partial charge is 0.511 e. The van der Waals surface area contributed by atoms with Crippen molar-refractivity contribution in [3.05, 3.63) is 81.3 Å². The molecule has 10 aliphatic carbocycles. The van der Waals surface area contributed by atoms with Gasteiger partial charge in [0.15, 0.2) is 5.78 Å². The number of unbranched alkanes of at least 4 members (excludes halogenated alkanes) is 2. The van der Waals surface area contributed by atoms with Gasteiger partial charge in [0.25, 0.3) is 0 Å². The molecule has 0 amide bonds. The first kappa shape index (κ1) is 54.0. The van der Waals surface area contributed by atoms with Gasteiger partial charge in [-0.05, 0) is 138 Å². The summed E-state index contributed by atoms with van der Waals surface area (Å²) in [5.41, 5.74) is -7.92. The van der Waals surface area contributed by atoms with Gasteiger partial charge in [-0.3, -0.25) is 4.79 Å². The lowest BCUT2D eigenvalue weighted by atomic mass is 9.35. The molecule has 2 aromatic carbocycles. The number of carbonyl (C=O) groups is 1. The fraction of sp³-hybridized carbons (Fsp3) is 0.703. The first-order chi connectivity index (χ1) is 36.6. The Hall–Kier alpha value is -3.63. The summed E-state index contributed by atoms with van der Waals surface area (Å²) in [6, 6.07) is 10.9. The molecule has 0 radical (unpaired) electrons. The molecule has 5 saturated carbocycles. The third kappa shape index (κ3) is 6.99. The third-order valence-corrected chi connectivity index (χ3v) is 23.9. The summed E-state index contributed by atoms with van der Waals surface area (Å²) in [6.07, 6.45) is 10.6. The standard InChI is InChI=1S/C64H87NO12/c1-7-9-10-15-37-30-60(51-42(37)25-36-14-11-12-16-40(36)53(51)71)34-59(6)55-48(77-64(62(55,74)21-23-67)44-18-19-57(4,35(3)56(64)72)29-38(44)33-65-8-2)31-63(59,75)45-28-47(70)52-50-43-26-39(68)27-46(69)41(43)17-20-61(50,73)49(76-24-13-22-66)32-58(52,5)54(45)60/h11-12,14,16,25-29,35,37,42,44,48-52,54-56,65-69,71-75H,7-10,13,15,17-24,30-34H2,1-6H3/t35-,37-,42+,44+,48+,49+,50-,51-,52-,54+,55+,56+,57-,58+,59-,60-,61+,62-,63-,64+/m1/s1. The molecule has 13 rings (SSSR count). The van der Waals surface area contributed by atoms with Crippen LogP contribution < -0.4 is 15.8 Å². The molecule has 2 spiro atoms. The van der Waals surface area contributed by atoms with Gasteiger partial charge in [0, 0.05) is 85.5 Å². The van der Waals surface area contributed by atoms with Gasteiger partial charge in [0.05, 0.1) is 29.5 Å². The lowest BCUT2D eigenvalue weighted by molar-refractivity contribution is -0.257. The predicted molar refractivity (Wildman–Crippen MR) is 291 cm³/mol. The van der Waals surface area contributed by atoms with Crippen LogP contribution >= 0.6 is 0 Å². The fourth-order valence-corrected chi connectivity index (χ4v) is 21.0.